The van der Waals surface area contributed by atoms with Crippen molar-refractivity contribution in [3.05, 3.63) is 0 Å². The van der Waals surface area contributed by atoms with Crippen LogP contribution in [-0.4, -0.2) is 23.0 Å². The van der Waals surface area contributed by atoms with Crippen molar-refractivity contribution in [2.24, 2.45) is 0 Å². The van der Waals surface area contributed by atoms with Gasteiger partial charge in [-0.1, -0.05) is 35.9 Å². The molecule has 0 aliphatic heterocycles. The molecule has 0 spiro atoms. The van der Waals surface area contributed by atoms with Gasteiger partial charge in [0.15, 0.2) is 0 Å². The van der Waals surface area contributed by atoms with Crippen molar-refractivity contribution in [2.75, 3.05) is 14.1 Å². The summed E-state index contributed by atoms with van der Waals surface area (Å²) in [7, 11) is 4.24. The topological polar surface area (TPSA) is 3.24 Å². The van der Waals surface area contributed by atoms with E-state index in [1.165, 1.54) is 12.8 Å². The lowest BCUT2D eigenvalue weighted by atomic mass is 10.3. The first-order valence-corrected chi connectivity index (χ1v) is 4.23. The number of nitrogens with zero attached hydrogens (tertiary/aromatic N) is 1. The molecule has 0 saturated carbocycles. The maximum atomic E-state index is 2.46. The molecule has 8 heavy (non-hydrogen) atoms. The van der Waals surface area contributed by atoms with E-state index in [1.807, 2.05) is 0 Å². The maximum absolute atomic E-state index is 2.46. The maximum Gasteiger partial charge on any atom is 0.0613 e. The second-order valence-corrected chi connectivity index (χ2v) is 3.62. The van der Waals surface area contributed by atoms with Crippen molar-refractivity contribution in [1.82, 2.24) is 4.90 Å². The Morgan fingerprint density at radius 3 is 2.12 bits per heavy atom. The summed E-state index contributed by atoms with van der Waals surface area (Å²) in [5.41, 5.74) is 0. The van der Waals surface area contributed by atoms with E-state index >= 15 is 0 Å². The van der Waals surface area contributed by atoms with Gasteiger partial charge in [-0.2, -0.15) is 0 Å². The lowest BCUT2D eigenvalue weighted by Gasteiger charge is -2.16. The van der Waals surface area contributed by atoms with Crippen molar-refractivity contribution < 1.29 is 0 Å². The van der Waals surface area contributed by atoms with Gasteiger partial charge in [0.1, 0.15) is 0 Å². The Morgan fingerprint density at radius 2 is 2.00 bits per heavy atom. The van der Waals surface area contributed by atoms with Gasteiger partial charge in [-0.05, 0) is 20.5 Å². The monoisotopic (exact) mass is 227 g/mol. The van der Waals surface area contributed by atoms with E-state index in [-0.39, 0.29) is 0 Å². The predicted octanol–water partition coefficient (Wildman–Crippen LogP) is 2.11. The van der Waals surface area contributed by atoms with E-state index < -0.39 is 0 Å². The summed E-state index contributed by atoms with van der Waals surface area (Å²) in [6.45, 7) is 2.22. The average Bonchev–Trinajstić information content (AvgIpc) is 1.67. The Balaban J connectivity index is 3.17. The average molecular weight is 227 g/mol. The first-order valence-electron chi connectivity index (χ1n) is 2.99. The standard InChI is InChI=1S/C6H14IN/c1-4-5-6(7)8(2)3/h6H,4-5H2,1-3H3. The third kappa shape index (κ3) is 3.66. The second-order valence-electron chi connectivity index (χ2n) is 2.19. The van der Waals surface area contributed by atoms with Gasteiger partial charge in [-0.25, -0.2) is 0 Å². The highest BCUT2D eigenvalue weighted by atomic mass is 127. The summed E-state index contributed by atoms with van der Waals surface area (Å²) in [6.07, 6.45) is 2.58. The molecule has 0 amide bonds. The minimum absolute atomic E-state index is 0.720. The zero-order valence-corrected chi connectivity index (χ0v) is 7.97. The molecule has 0 aliphatic carbocycles. The van der Waals surface area contributed by atoms with Crippen LogP contribution in [0.2, 0.25) is 0 Å². The normalized spacial score (nSPS) is 14.6. The van der Waals surface area contributed by atoms with Gasteiger partial charge in [0.25, 0.3) is 0 Å². The highest BCUT2D eigenvalue weighted by Gasteiger charge is 2.01. The van der Waals surface area contributed by atoms with Gasteiger partial charge in [0.2, 0.25) is 0 Å². The van der Waals surface area contributed by atoms with E-state index in [9.17, 15) is 0 Å². The summed E-state index contributed by atoms with van der Waals surface area (Å²) < 4.78 is 0.720. The molecule has 0 saturated heterocycles. The van der Waals surface area contributed by atoms with Gasteiger partial charge < -0.3 is 0 Å². The molecular formula is C6H14IN. The summed E-state index contributed by atoms with van der Waals surface area (Å²) in [6, 6.07) is 0. The van der Waals surface area contributed by atoms with Gasteiger partial charge in [-0.3, -0.25) is 4.90 Å². The van der Waals surface area contributed by atoms with Crippen LogP contribution in [-0.2, 0) is 0 Å². The van der Waals surface area contributed by atoms with Crippen LogP contribution >= 0.6 is 22.6 Å². The Kier molecular flexibility index (Phi) is 4.95. The van der Waals surface area contributed by atoms with Crippen molar-refractivity contribution in [1.29, 1.82) is 0 Å². The summed E-state index contributed by atoms with van der Waals surface area (Å²) in [4.78, 5) is 2.24. The van der Waals surface area contributed by atoms with E-state index in [1.54, 1.807) is 0 Å². The van der Waals surface area contributed by atoms with Gasteiger partial charge in [0.05, 0.1) is 4.05 Å². The largest absolute Gasteiger partial charge is 0.298 e. The zero-order chi connectivity index (χ0) is 6.57. The molecule has 0 bridgehead atoms. The van der Waals surface area contributed by atoms with Crippen molar-refractivity contribution >= 4 is 22.6 Å². The first-order chi connectivity index (χ1) is 3.68. The Hall–Kier alpha value is 0.690. The van der Waals surface area contributed by atoms with Crippen LogP contribution < -0.4 is 0 Å². The Labute approximate surface area is 65.6 Å². The molecule has 0 aliphatic rings. The third-order valence-corrected chi connectivity index (χ3v) is 2.82. The molecule has 1 unspecified atom stereocenters. The fraction of sp³-hybridized carbons (Fsp3) is 1.00. The smallest absolute Gasteiger partial charge is 0.0613 e. The molecule has 0 aromatic rings. The Bertz CT molecular complexity index is 54.5. The molecule has 1 atom stereocenters. The number of halogens is 1. The first kappa shape index (κ1) is 8.69. The highest BCUT2D eigenvalue weighted by Crippen LogP contribution is 2.09. The molecule has 0 aromatic heterocycles. The third-order valence-electron chi connectivity index (χ3n) is 1.09. The molecule has 0 aromatic carbocycles. The molecule has 0 radical (unpaired) electrons. The zero-order valence-electron chi connectivity index (χ0n) is 5.82. The molecule has 0 N–H and O–H groups in total. The number of alkyl halides is 1. The second kappa shape index (κ2) is 4.56. The number of hydrogen-bond acceptors (Lipinski definition) is 1. The van der Waals surface area contributed by atoms with Crippen LogP contribution in [0.5, 0.6) is 0 Å². The quantitative estimate of drug-likeness (QED) is 0.405. The van der Waals surface area contributed by atoms with Crippen LogP contribution in [0.1, 0.15) is 19.8 Å². The van der Waals surface area contributed by atoms with Crippen LogP contribution in [0.3, 0.4) is 0 Å². The van der Waals surface area contributed by atoms with Crippen LogP contribution in [0.25, 0.3) is 0 Å². The SMILES string of the molecule is CCCC(I)N(C)C. The van der Waals surface area contributed by atoms with E-state index in [0.29, 0.717) is 0 Å². The molecule has 0 rings (SSSR count). The lowest BCUT2D eigenvalue weighted by molar-refractivity contribution is 0.380. The predicted molar refractivity (Wildman–Crippen MR) is 46.4 cm³/mol. The summed E-state index contributed by atoms with van der Waals surface area (Å²) >= 11 is 2.46. The molecule has 0 fully saturated rings. The van der Waals surface area contributed by atoms with Gasteiger partial charge in [0, 0.05) is 0 Å². The molecule has 0 heterocycles. The highest BCUT2D eigenvalue weighted by molar-refractivity contribution is 14.1. The number of hydrogen-bond donors (Lipinski definition) is 0. The van der Waals surface area contributed by atoms with E-state index in [4.69, 9.17) is 0 Å². The Morgan fingerprint density at radius 1 is 1.50 bits per heavy atom. The molecule has 1 nitrogen and oxygen atoms in total. The summed E-state index contributed by atoms with van der Waals surface area (Å²) in [5.74, 6) is 0. The van der Waals surface area contributed by atoms with Crippen LogP contribution in [0.4, 0.5) is 0 Å². The van der Waals surface area contributed by atoms with E-state index in [0.717, 1.165) is 4.05 Å². The minimum Gasteiger partial charge on any atom is -0.298 e. The van der Waals surface area contributed by atoms with Crippen LogP contribution in [0.15, 0.2) is 0 Å². The van der Waals surface area contributed by atoms with E-state index in [2.05, 4.69) is 48.5 Å². The lowest BCUT2D eigenvalue weighted by Crippen LogP contribution is -2.20. The number of rotatable bonds is 3. The van der Waals surface area contributed by atoms with Crippen molar-refractivity contribution in [2.45, 2.75) is 23.8 Å². The summed E-state index contributed by atoms with van der Waals surface area (Å²) in [5, 5.41) is 0. The van der Waals surface area contributed by atoms with Gasteiger partial charge in [-0.15, -0.1) is 0 Å². The van der Waals surface area contributed by atoms with Crippen LogP contribution in [0, 0.1) is 0 Å². The minimum atomic E-state index is 0.720. The molecule has 50 valence electrons. The van der Waals surface area contributed by atoms with Crippen molar-refractivity contribution in [3.8, 4) is 0 Å². The fourth-order valence-electron chi connectivity index (χ4n) is 0.496. The molecule has 2 heteroatoms. The van der Waals surface area contributed by atoms with Gasteiger partial charge >= 0.3 is 0 Å². The van der Waals surface area contributed by atoms with Crippen molar-refractivity contribution in [3.63, 3.8) is 0 Å². The fourth-order valence-corrected chi connectivity index (χ4v) is 1.12. The molecular weight excluding hydrogens is 213 g/mol.